The van der Waals surface area contributed by atoms with Gasteiger partial charge in [-0.05, 0) is 49.4 Å². The SMILES string of the molecule is CCn1c(=O)n(CC(=O)c2ccc(C)c(C)c2)c2c(C(N)=O)nc(-c3cccs3)nc21. The Labute approximate surface area is 182 Å². The van der Waals surface area contributed by atoms with Crippen LogP contribution < -0.4 is 11.4 Å². The summed E-state index contributed by atoms with van der Waals surface area (Å²) >= 11 is 1.41. The summed E-state index contributed by atoms with van der Waals surface area (Å²) in [5.41, 5.74) is 8.11. The van der Waals surface area contributed by atoms with Gasteiger partial charge in [0.25, 0.3) is 5.91 Å². The summed E-state index contributed by atoms with van der Waals surface area (Å²) in [6, 6.07) is 9.06. The van der Waals surface area contributed by atoms with Crippen LogP contribution in [0.25, 0.3) is 21.9 Å². The first-order chi connectivity index (χ1) is 14.8. The van der Waals surface area contributed by atoms with Crippen LogP contribution in [0, 0.1) is 13.8 Å². The van der Waals surface area contributed by atoms with E-state index < -0.39 is 11.6 Å². The lowest BCUT2D eigenvalue weighted by Crippen LogP contribution is -2.27. The minimum Gasteiger partial charge on any atom is -0.364 e. The summed E-state index contributed by atoms with van der Waals surface area (Å²) < 4.78 is 2.67. The van der Waals surface area contributed by atoms with Gasteiger partial charge in [0.1, 0.15) is 5.52 Å². The van der Waals surface area contributed by atoms with E-state index in [2.05, 4.69) is 9.97 Å². The van der Waals surface area contributed by atoms with E-state index in [0.29, 0.717) is 17.9 Å². The molecule has 0 saturated carbocycles. The summed E-state index contributed by atoms with van der Waals surface area (Å²) in [4.78, 5) is 48.0. The van der Waals surface area contributed by atoms with E-state index in [1.54, 1.807) is 19.1 Å². The Morgan fingerprint density at radius 3 is 2.48 bits per heavy atom. The number of thiophene rings is 1. The number of aryl methyl sites for hydroxylation is 3. The maximum Gasteiger partial charge on any atom is 0.330 e. The third kappa shape index (κ3) is 3.57. The van der Waals surface area contributed by atoms with Crippen molar-refractivity contribution < 1.29 is 9.59 Å². The number of rotatable bonds is 6. The highest BCUT2D eigenvalue weighted by molar-refractivity contribution is 7.13. The molecule has 1 amide bonds. The summed E-state index contributed by atoms with van der Waals surface area (Å²) in [6.45, 7) is 5.76. The van der Waals surface area contributed by atoms with E-state index in [1.807, 2.05) is 37.4 Å². The smallest absolute Gasteiger partial charge is 0.330 e. The predicted molar refractivity (Wildman–Crippen MR) is 120 cm³/mol. The maximum atomic E-state index is 13.1. The highest BCUT2D eigenvalue weighted by Crippen LogP contribution is 2.25. The van der Waals surface area contributed by atoms with Gasteiger partial charge in [0.05, 0.1) is 11.4 Å². The average molecular weight is 436 g/mol. The number of carbonyl (C=O) groups is 2. The lowest BCUT2D eigenvalue weighted by atomic mass is 10.0. The Hall–Kier alpha value is -3.59. The van der Waals surface area contributed by atoms with E-state index in [1.165, 1.54) is 20.5 Å². The van der Waals surface area contributed by atoms with Crippen molar-refractivity contribution in [2.24, 2.45) is 5.73 Å². The molecule has 0 aliphatic heterocycles. The van der Waals surface area contributed by atoms with Crippen LogP contribution in [0.3, 0.4) is 0 Å². The molecule has 0 radical (unpaired) electrons. The van der Waals surface area contributed by atoms with Crippen LogP contribution in [-0.4, -0.2) is 30.8 Å². The van der Waals surface area contributed by atoms with Gasteiger partial charge in [-0.1, -0.05) is 18.2 Å². The van der Waals surface area contributed by atoms with Crippen LogP contribution >= 0.6 is 11.3 Å². The van der Waals surface area contributed by atoms with E-state index >= 15 is 0 Å². The van der Waals surface area contributed by atoms with Gasteiger partial charge in [-0.15, -0.1) is 11.3 Å². The molecule has 3 heterocycles. The lowest BCUT2D eigenvalue weighted by Gasteiger charge is -2.08. The number of nitrogens with two attached hydrogens (primary N) is 1. The van der Waals surface area contributed by atoms with Gasteiger partial charge in [-0.3, -0.25) is 18.7 Å². The van der Waals surface area contributed by atoms with Crippen LogP contribution in [0.4, 0.5) is 0 Å². The zero-order valence-corrected chi connectivity index (χ0v) is 18.2. The minimum atomic E-state index is -0.786. The predicted octanol–water partition coefficient (Wildman–Crippen LogP) is 2.94. The average Bonchev–Trinajstić information content (AvgIpc) is 3.36. The maximum absolute atomic E-state index is 13.1. The molecule has 0 saturated heterocycles. The molecule has 0 unspecified atom stereocenters. The first kappa shape index (κ1) is 20.7. The molecular weight excluding hydrogens is 414 g/mol. The minimum absolute atomic E-state index is 0.0782. The number of primary amides is 1. The van der Waals surface area contributed by atoms with Gasteiger partial charge in [-0.25, -0.2) is 14.8 Å². The fourth-order valence-corrected chi connectivity index (χ4v) is 4.14. The van der Waals surface area contributed by atoms with Crippen molar-refractivity contribution in [3.8, 4) is 10.7 Å². The van der Waals surface area contributed by atoms with Crippen molar-refractivity contribution in [1.82, 2.24) is 19.1 Å². The molecule has 4 rings (SSSR count). The number of Topliss-reactive ketones (excluding diaryl/α,β-unsaturated/α-hetero) is 1. The molecule has 0 bridgehead atoms. The summed E-state index contributed by atoms with van der Waals surface area (Å²) in [5.74, 6) is -0.722. The van der Waals surface area contributed by atoms with Gasteiger partial charge in [0, 0.05) is 12.1 Å². The number of imidazole rings is 1. The summed E-state index contributed by atoms with van der Waals surface area (Å²) in [6.07, 6.45) is 0. The van der Waals surface area contributed by atoms with Crippen molar-refractivity contribution in [3.63, 3.8) is 0 Å². The highest BCUT2D eigenvalue weighted by Gasteiger charge is 2.24. The first-order valence-corrected chi connectivity index (χ1v) is 10.6. The molecule has 0 fully saturated rings. The Bertz CT molecular complexity index is 1380. The van der Waals surface area contributed by atoms with E-state index in [9.17, 15) is 14.4 Å². The van der Waals surface area contributed by atoms with Crippen molar-refractivity contribution in [2.75, 3.05) is 0 Å². The number of aromatic nitrogens is 4. The number of amides is 1. The van der Waals surface area contributed by atoms with Gasteiger partial charge in [0.2, 0.25) is 0 Å². The second kappa shape index (κ2) is 7.92. The number of hydrogen-bond acceptors (Lipinski definition) is 6. The van der Waals surface area contributed by atoms with E-state index in [0.717, 1.165) is 16.0 Å². The quantitative estimate of drug-likeness (QED) is 0.468. The fraction of sp³-hybridized carbons (Fsp3) is 0.227. The number of ketones is 1. The molecule has 31 heavy (non-hydrogen) atoms. The molecule has 158 valence electrons. The third-order valence-corrected chi connectivity index (χ3v) is 6.14. The molecule has 3 aromatic heterocycles. The third-order valence-electron chi connectivity index (χ3n) is 5.27. The number of hydrogen-bond donors (Lipinski definition) is 1. The largest absolute Gasteiger partial charge is 0.364 e. The van der Waals surface area contributed by atoms with Crippen LogP contribution in [0.1, 0.15) is 38.9 Å². The zero-order valence-electron chi connectivity index (χ0n) is 17.4. The number of carbonyl (C=O) groups excluding carboxylic acids is 2. The molecule has 0 aliphatic rings. The molecule has 9 heteroatoms. The molecular formula is C22H21N5O3S. The molecule has 0 spiro atoms. The van der Waals surface area contributed by atoms with Crippen molar-refractivity contribution >= 4 is 34.2 Å². The van der Waals surface area contributed by atoms with Crippen LogP contribution in [-0.2, 0) is 13.1 Å². The fourth-order valence-electron chi connectivity index (χ4n) is 3.48. The van der Waals surface area contributed by atoms with Gasteiger partial charge >= 0.3 is 5.69 Å². The highest BCUT2D eigenvalue weighted by atomic mass is 32.1. The second-order valence-corrected chi connectivity index (χ2v) is 8.19. The lowest BCUT2D eigenvalue weighted by molar-refractivity contribution is 0.0966. The van der Waals surface area contributed by atoms with Crippen LogP contribution in [0.15, 0.2) is 40.5 Å². The molecule has 1 aromatic carbocycles. The van der Waals surface area contributed by atoms with Gasteiger partial charge in [-0.2, -0.15) is 0 Å². The Balaban J connectivity index is 1.92. The van der Waals surface area contributed by atoms with Crippen molar-refractivity contribution in [3.05, 3.63) is 68.6 Å². The number of benzene rings is 1. The van der Waals surface area contributed by atoms with E-state index in [-0.39, 0.29) is 29.2 Å². The van der Waals surface area contributed by atoms with Crippen LogP contribution in [0.2, 0.25) is 0 Å². The van der Waals surface area contributed by atoms with Crippen molar-refractivity contribution in [1.29, 1.82) is 0 Å². The van der Waals surface area contributed by atoms with Crippen molar-refractivity contribution in [2.45, 2.75) is 33.9 Å². The van der Waals surface area contributed by atoms with Crippen LogP contribution in [0.5, 0.6) is 0 Å². The summed E-state index contributed by atoms with van der Waals surface area (Å²) in [5, 5.41) is 1.87. The Morgan fingerprint density at radius 2 is 1.87 bits per heavy atom. The normalized spacial score (nSPS) is 11.2. The number of nitrogens with zero attached hydrogens (tertiary/aromatic N) is 4. The van der Waals surface area contributed by atoms with Gasteiger partial charge < -0.3 is 5.73 Å². The molecule has 8 nitrogen and oxygen atoms in total. The molecule has 0 atom stereocenters. The molecule has 4 aromatic rings. The number of fused-ring (bicyclic) bond motifs is 1. The second-order valence-electron chi connectivity index (χ2n) is 7.24. The molecule has 0 aliphatic carbocycles. The Morgan fingerprint density at radius 1 is 1.10 bits per heavy atom. The first-order valence-electron chi connectivity index (χ1n) is 9.77. The standard InChI is InChI=1S/C22H21N5O3S/c1-4-26-21-18(17(19(23)29)24-20(25-21)16-6-5-9-31-16)27(22(26)30)11-15(28)14-8-7-12(2)13(3)10-14/h5-10H,4,11H2,1-3H3,(H2,23,29). The monoisotopic (exact) mass is 435 g/mol. The molecule has 2 N–H and O–H groups in total. The summed E-state index contributed by atoms with van der Waals surface area (Å²) in [7, 11) is 0. The van der Waals surface area contributed by atoms with E-state index in [4.69, 9.17) is 5.73 Å². The zero-order chi connectivity index (χ0) is 22.3. The van der Waals surface area contributed by atoms with Gasteiger partial charge in [0.15, 0.2) is 22.9 Å². The Kier molecular flexibility index (Phi) is 5.28. The topological polar surface area (TPSA) is 113 Å².